The molecule has 4 aromatic rings. The molecule has 4 rings (SSSR count). The fraction of sp³-hybridized carbons (Fsp3) is 0.174. The van der Waals surface area contributed by atoms with Gasteiger partial charge in [0.2, 0.25) is 5.89 Å². The summed E-state index contributed by atoms with van der Waals surface area (Å²) in [5.74, 6) is 1.60. The lowest BCUT2D eigenvalue weighted by Crippen LogP contribution is -2.24. The molecule has 0 aliphatic carbocycles. The zero-order chi connectivity index (χ0) is 22.7. The molecule has 0 saturated carbocycles. The van der Waals surface area contributed by atoms with E-state index in [4.69, 9.17) is 8.83 Å². The van der Waals surface area contributed by atoms with Gasteiger partial charge in [0, 0.05) is 23.6 Å². The number of amides is 2. The number of carbonyl (C=O) groups excluding carboxylic acids is 2. The molecule has 0 atom stereocenters. The molecule has 0 fully saturated rings. The molecule has 32 heavy (non-hydrogen) atoms. The maximum absolute atomic E-state index is 12.6. The van der Waals surface area contributed by atoms with Gasteiger partial charge in [-0.25, -0.2) is 9.97 Å². The van der Waals surface area contributed by atoms with Crippen LogP contribution in [-0.2, 0) is 6.54 Å². The Morgan fingerprint density at radius 1 is 1.00 bits per heavy atom. The van der Waals surface area contributed by atoms with Gasteiger partial charge in [0.1, 0.15) is 28.7 Å². The van der Waals surface area contributed by atoms with Crippen LogP contribution in [0.1, 0.15) is 43.8 Å². The minimum absolute atomic E-state index is 0.181. The third-order valence-electron chi connectivity index (χ3n) is 4.76. The zero-order valence-corrected chi connectivity index (χ0v) is 17.8. The summed E-state index contributed by atoms with van der Waals surface area (Å²) in [7, 11) is 0. The summed E-state index contributed by atoms with van der Waals surface area (Å²) in [6, 6.07) is 8.88. The van der Waals surface area contributed by atoms with Crippen molar-refractivity contribution in [3.05, 3.63) is 83.2 Å². The van der Waals surface area contributed by atoms with E-state index in [2.05, 4.69) is 25.6 Å². The highest BCUT2D eigenvalue weighted by atomic mass is 16.4. The lowest BCUT2D eigenvalue weighted by molar-refractivity contribution is 0.0944. The highest BCUT2D eigenvalue weighted by Crippen LogP contribution is 2.25. The Kier molecular flexibility index (Phi) is 5.80. The topological polar surface area (TPSA) is 123 Å². The second-order valence-electron chi connectivity index (χ2n) is 7.16. The molecule has 1 aromatic carbocycles. The van der Waals surface area contributed by atoms with E-state index in [1.807, 2.05) is 6.07 Å². The van der Waals surface area contributed by atoms with Crippen LogP contribution in [0.15, 0.2) is 57.8 Å². The minimum atomic E-state index is -0.350. The number of nitrogens with zero attached hydrogens (tertiary/aromatic N) is 3. The van der Waals surface area contributed by atoms with Crippen molar-refractivity contribution >= 4 is 17.5 Å². The normalized spacial score (nSPS) is 10.7. The average molecular weight is 431 g/mol. The smallest absolute Gasteiger partial charge is 0.271 e. The van der Waals surface area contributed by atoms with Gasteiger partial charge < -0.3 is 19.5 Å². The fourth-order valence-electron chi connectivity index (χ4n) is 3.17. The molecule has 162 valence electrons. The number of furan rings is 1. The molecule has 9 nitrogen and oxygen atoms in total. The molecule has 0 aliphatic heterocycles. The van der Waals surface area contributed by atoms with Gasteiger partial charge in [0.05, 0.1) is 18.3 Å². The average Bonchev–Trinajstić information content (AvgIpc) is 3.33. The van der Waals surface area contributed by atoms with Crippen molar-refractivity contribution in [2.24, 2.45) is 0 Å². The number of hydrogen-bond acceptors (Lipinski definition) is 7. The summed E-state index contributed by atoms with van der Waals surface area (Å²) in [4.78, 5) is 37.1. The van der Waals surface area contributed by atoms with Gasteiger partial charge >= 0.3 is 0 Å². The third-order valence-corrected chi connectivity index (χ3v) is 4.76. The molecule has 0 unspecified atom stereocenters. The molecule has 0 spiro atoms. The summed E-state index contributed by atoms with van der Waals surface area (Å²) >= 11 is 0. The first-order chi connectivity index (χ1) is 15.4. The third kappa shape index (κ3) is 4.56. The van der Waals surface area contributed by atoms with Crippen molar-refractivity contribution in [1.29, 1.82) is 0 Å². The Bertz CT molecular complexity index is 1280. The van der Waals surface area contributed by atoms with Crippen LogP contribution in [0.2, 0.25) is 0 Å². The number of hydrogen-bond donors (Lipinski definition) is 2. The van der Waals surface area contributed by atoms with Crippen molar-refractivity contribution in [2.75, 3.05) is 5.32 Å². The summed E-state index contributed by atoms with van der Waals surface area (Å²) in [6.07, 6.45) is 4.34. The number of anilines is 1. The monoisotopic (exact) mass is 431 g/mol. The number of oxazole rings is 1. The van der Waals surface area contributed by atoms with Gasteiger partial charge in [-0.05, 0) is 45.0 Å². The molecular formula is C23H21N5O4. The van der Waals surface area contributed by atoms with E-state index in [0.29, 0.717) is 45.7 Å². The molecule has 2 N–H and O–H groups in total. The van der Waals surface area contributed by atoms with Gasteiger partial charge in [-0.1, -0.05) is 6.07 Å². The Hall–Kier alpha value is -4.27. The van der Waals surface area contributed by atoms with Crippen LogP contribution >= 0.6 is 0 Å². The molecule has 0 bridgehead atoms. The summed E-state index contributed by atoms with van der Waals surface area (Å²) in [5.41, 5.74) is 2.59. The minimum Gasteiger partial charge on any atom is -0.466 e. The summed E-state index contributed by atoms with van der Waals surface area (Å²) < 4.78 is 11.2. The van der Waals surface area contributed by atoms with E-state index in [-0.39, 0.29) is 24.1 Å². The van der Waals surface area contributed by atoms with Crippen LogP contribution in [0, 0.1) is 20.8 Å². The van der Waals surface area contributed by atoms with Crippen LogP contribution in [0.25, 0.3) is 11.5 Å². The molecule has 0 radical (unpaired) electrons. The second-order valence-corrected chi connectivity index (χ2v) is 7.16. The molecular weight excluding hydrogens is 410 g/mol. The van der Waals surface area contributed by atoms with Crippen molar-refractivity contribution in [3.63, 3.8) is 0 Å². The Balaban J connectivity index is 1.47. The van der Waals surface area contributed by atoms with Crippen molar-refractivity contribution in [3.8, 4) is 11.5 Å². The van der Waals surface area contributed by atoms with Crippen LogP contribution in [0.3, 0.4) is 0 Å². The molecule has 2 amide bonds. The predicted octanol–water partition coefficient (Wildman–Crippen LogP) is 3.83. The molecule has 0 saturated heterocycles. The van der Waals surface area contributed by atoms with Gasteiger partial charge in [-0.15, -0.1) is 0 Å². The SMILES string of the molecule is Cc1cc(C(=O)Nc2cccc(-c3nc(CNC(=O)c4cnccn4)c(C)o3)c2)c(C)o1. The first-order valence-corrected chi connectivity index (χ1v) is 9.90. The number of nitrogens with one attached hydrogen (secondary N) is 2. The Labute approximate surface area is 183 Å². The fourth-order valence-corrected chi connectivity index (χ4v) is 3.17. The van der Waals surface area contributed by atoms with Gasteiger partial charge in [-0.2, -0.15) is 0 Å². The molecule has 9 heteroatoms. The summed E-state index contributed by atoms with van der Waals surface area (Å²) in [5, 5.41) is 5.62. The van der Waals surface area contributed by atoms with Crippen LogP contribution in [-0.4, -0.2) is 26.8 Å². The van der Waals surface area contributed by atoms with Crippen LogP contribution < -0.4 is 10.6 Å². The first kappa shape index (κ1) is 21.0. The van der Waals surface area contributed by atoms with Crippen LogP contribution in [0.4, 0.5) is 5.69 Å². The predicted molar refractivity (Wildman–Crippen MR) is 116 cm³/mol. The highest BCUT2D eigenvalue weighted by molar-refractivity contribution is 6.05. The quantitative estimate of drug-likeness (QED) is 0.475. The van der Waals surface area contributed by atoms with E-state index in [9.17, 15) is 9.59 Å². The Morgan fingerprint density at radius 3 is 2.56 bits per heavy atom. The number of benzene rings is 1. The zero-order valence-electron chi connectivity index (χ0n) is 17.8. The lowest BCUT2D eigenvalue weighted by Gasteiger charge is -2.05. The van der Waals surface area contributed by atoms with E-state index < -0.39 is 0 Å². The number of carbonyl (C=O) groups is 2. The van der Waals surface area contributed by atoms with E-state index in [1.54, 1.807) is 45.0 Å². The molecule has 3 aromatic heterocycles. The Morgan fingerprint density at radius 2 is 1.84 bits per heavy atom. The largest absolute Gasteiger partial charge is 0.466 e. The van der Waals surface area contributed by atoms with Crippen molar-refractivity contribution in [2.45, 2.75) is 27.3 Å². The van der Waals surface area contributed by atoms with Gasteiger partial charge in [0.25, 0.3) is 11.8 Å². The van der Waals surface area contributed by atoms with Gasteiger partial charge in [-0.3, -0.25) is 14.6 Å². The maximum atomic E-state index is 12.6. The second kappa shape index (κ2) is 8.84. The van der Waals surface area contributed by atoms with Gasteiger partial charge in [0.15, 0.2) is 0 Å². The number of rotatable bonds is 6. The van der Waals surface area contributed by atoms with Crippen molar-refractivity contribution in [1.82, 2.24) is 20.3 Å². The lowest BCUT2D eigenvalue weighted by atomic mass is 10.2. The van der Waals surface area contributed by atoms with Crippen LogP contribution in [0.5, 0.6) is 0 Å². The number of aryl methyl sites for hydroxylation is 3. The molecule has 3 heterocycles. The van der Waals surface area contributed by atoms with E-state index >= 15 is 0 Å². The number of aromatic nitrogens is 3. The highest BCUT2D eigenvalue weighted by Gasteiger charge is 2.16. The van der Waals surface area contributed by atoms with E-state index in [0.717, 1.165) is 0 Å². The first-order valence-electron chi connectivity index (χ1n) is 9.90. The summed E-state index contributed by atoms with van der Waals surface area (Å²) in [6.45, 7) is 5.50. The van der Waals surface area contributed by atoms with E-state index in [1.165, 1.54) is 18.6 Å². The molecule has 0 aliphatic rings. The maximum Gasteiger partial charge on any atom is 0.271 e. The standard InChI is InChI=1S/C23H21N5O4/c1-13-9-18(14(2)31-13)21(29)27-17-6-4-5-16(10-17)23-28-19(15(3)32-23)12-26-22(30)20-11-24-7-8-25-20/h4-11H,12H2,1-3H3,(H,26,30)(H,27,29). The van der Waals surface area contributed by atoms with Crippen molar-refractivity contribution < 1.29 is 18.4 Å².